The summed E-state index contributed by atoms with van der Waals surface area (Å²) in [7, 11) is 1.83. The van der Waals surface area contributed by atoms with Crippen LogP contribution in [0.3, 0.4) is 0 Å². The van der Waals surface area contributed by atoms with Crippen molar-refractivity contribution in [2.75, 3.05) is 39.8 Å². The van der Waals surface area contributed by atoms with Crippen LogP contribution in [-0.4, -0.2) is 55.6 Å². The zero-order chi connectivity index (χ0) is 17.2. The number of hydrogen-bond acceptors (Lipinski definition) is 4. The Balaban J connectivity index is 1.55. The van der Waals surface area contributed by atoms with E-state index in [1.54, 1.807) is 11.3 Å². The molecule has 1 aromatic rings. The number of likely N-dealkylation sites (tertiary alicyclic amines) is 1. The van der Waals surface area contributed by atoms with Gasteiger partial charge in [0.2, 0.25) is 0 Å². The zero-order valence-corrected chi connectivity index (χ0v) is 16.3. The highest BCUT2D eigenvalue weighted by molar-refractivity contribution is 7.09. The number of thiazole rings is 1. The fourth-order valence-electron chi connectivity index (χ4n) is 2.95. The Morgan fingerprint density at radius 1 is 1.33 bits per heavy atom. The number of nitrogens with zero attached hydrogens (tertiary/aromatic N) is 3. The predicted octanol–water partition coefficient (Wildman–Crippen LogP) is 2.54. The van der Waals surface area contributed by atoms with Crippen molar-refractivity contribution in [2.24, 2.45) is 10.9 Å². The Bertz CT molecular complexity index is 491. The number of aromatic nitrogens is 1. The first-order valence-corrected chi connectivity index (χ1v) is 10.2. The standard InChI is InChI=1S/C18H33N5S/c1-4-17-22-16(14-24-17)6-10-21-18(19-3)20-9-5-11-23-12-7-15(2)8-13-23/h14-15H,4-13H2,1-3H3,(H2,19,20,21). The van der Waals surface area contributed by atoms with E-state index >= 15 is 0 Å². The maximum atomic E-state index is 4.60. The fraction of sp³-hybridized carbons (Fsp3) is 0.778. The molecule has 1 saturated heterocycles. The molecular formula is C18H33N5S. The van der Waals surface area contributed by atoms with Gasteiger partial charge in [-0.2, -0.15) is 0 Å². The van der Waals surface area contributed by atoms with Crippen molar-refractivity contribution in [1.29, 1.82) is 0 Å². The summed E-state index contributed by atoms with van der Waals surface area (Å²) in [4.78, 5) is 11.5. The Morgan fingerprint density at radius 2 is 2.08 bits per heavy atom. The van der Waals surface area contributed by atoms with Gasteiger partial charge in [0.15, 0.2) is 5.96 Å². The van der Waals surface area contributed by atoms with Gasteiger partial charge in [-0.3, -0.25) is 4.99 Å². The third kappa shape index (κ3) is 6.77. The molecule has 0 unspecified atom stereocenters. The number of hydrogen-bond donors (Lipinski definition) is 2. The van der Waals surface area contributed by atoms with Gasteiger partial charge in [-0.25, -0.2) is 4.98 Å². The van der Waals surface area contributed by atoms with E-state index in [-0.39, 0.29) is 0 Å². The van der Waals surface area contributed by atoms with E-state index in [0.717, 1.165) is 37.8 Å². The summed E-state index contributed by atoms with van der Waals surface area (Å²) in [6.45, 7) is 10.1. The molecule has 2 heterocycles. The average Bonchev–Trinajstić information content (AvgIpc) is 3.06. The molecule has 24 heavy (non-hydrogen) atoms. The summed E-state index contributed by atoms with van der Waals surface area (Å²) in [6.07, 6.45) is 5.85. The van der Waals surface area contributed by atoms with E-state index in [0.29, 0.717) is 0 Å². The van der Waals surface area contributed by atoms with Crippen molar-refractivity contribution < 1.29 is 0 Å². The second kappa shape index (κ2) is 10.7. The van der Waals surface area contributed by atoms with Gasteiger partial charge in [-0.1, -0.05) is 13.8 Å². The molecule has 1 aromatic heterocycles. The van der Waals surface area contributed by atoms with Crippen molar-refractivity contribution in [3.8, 4) is 0 Å². The van der Waals surface area contributed by atoms with Crippen molar-refractivity contribution in [1.82, 2.24) is 20.5 Å². The van der Waals surface area contributed by atoms with E-state index in [4.69, 9.17) is 0 Å². The minimum atomic E-state index is 0.872. The lowest BCUT2D eigenvalue weighted by Gasteiger charge is -2.30. The summed E-state index contributed by atoms with van der Waals surface area (Å²) < 4.78 is 0. The Morgan fingerprint density at radius 3 is 2.75 bits per heavy atom. The number of aryl methyl sites for hydroxylation is 1. The molecule has 2 rings (SSSR count). The quantitative estimate of drug-likeness (QED) is 0.429. The highest BCUT2D eigenvalue weighted by Gasteiger charge is 2.14. The topological polar surface area (TPSA) is 52.6 Å². The SMILES string of the molecule is CCc1nc(CCNC(=NC)NCCCN2CCC(C)CC2)cs1. The number of nitrogens with one attached hydrogen (secondary N) is 2. The van der Waals surface area contributed by atoms with Crippen LogP contribution in [0.25, 0.3) is 0 Å². The van der Waals surface area contributed by atoms with E-state index < -0.39 is 0 Å². The minimum Gasteiger partial charge on any atom is -0.356 e. The van der Waals surface area contributed by atoms with E-state index in [1.807, 2.05) is 7.05 Å². The third-order valence-corrected chi connectivity index (χ3v) is 5.66. The highest BCUT2D eigenvalue weighted by atomic mass is 32.1. The molecule has 0 saturated carbocycles. The molecule has 5 nitrogen and oxygen atoms in total. The average molecular weight is 352 g/mol. The zero-order valence-electron chi connectivity index (χ0n) is 15.5. The molecule has 1 aliphatic rings. The Labute approximate surface area is 151 Å². The second-order valence-corrected chi connectivity index (χ2v) is 7.58. The van der Waals surface area contributed by atoms with Crippen LogP contribution >= 0.6 is 11.3 Å². The highest BCUT2D eigenvalue weighted by Crippen LogP contribution is 2.15. The van der Waals surface area contributed by atoms with Crippen LogP contribution in [0.15, 0.2) is 10.4 Å². The molecule has 0 amide bonds. The van der Waals surface area contributed by atoms with Gasteiger partial charge in [0.1, 0.15) is 0 Å². The van der Waals surface area contributed by atoms with Gasteiger partial charge in [-0.15, -0.1) is 11.3 Å². The van der Waals surface area contributed by atoms with Crippen molar-refractivity contribution in [3.63, 3.8) is 0 Å². The smallest absolute Gasteiger partial charge is 0.190 e. The van der Waals surface area contributed by atoms with Crippen LogP contribution in [0.1, 0.15) is 43.8 Å². The molecular weight excluding hydrogens is 318 g/mol. The maximum Gasteiger partial charge on any atom is 0.190 e. The molecule has 2 N–H and O–H groups in total. The number of aliphatic imine (C=N–C) groups is 1. The van der Waals surface area contributed by atoms with Gasteiger partial charge in [0.05, 0.1) is 10.7 Å². The molecule has 0 spiro atoms. The summed E-state index contributed by atoms with van der Waals surface area (Å²) in [5, 5.41) is 10.2. The molecule has 1 aliphatic heterocycles. The summed E-state index contributed by atoms with van der Waals surface area (Å²) in [6, 6.07) is 0. The van der Waals surface area contributed by atoms with E-state index in [1.165, 1.54) is 49.6 Å². The first-order valence-electron chi connectivity index (χ1n) is 9.31. The van der Waals surface area contributed by atoms with E-state index in [2.05, 4.69) is 44.7 Å². The second-order valence-electron chi connectivity index (χ2n) is 6.64. The lowest BCUT2D eigenvalue weighted by Crippen LogP contribution is -2.40. The van der Waals surface area contributed by atoms with Crippen molar-refractivity contribution in [2.45, 2.75) is 46.0 Å². The first-order chi connectivity index (χ1) is 11.7. The lowest BCUT2D eigenvalue weighted by molar-refractivity contribution is 0.191. The summed E-state index contributed by atoms with van der Waals surface area (Å²) in [5.74, 6) is 1.81. The van der Waals surface area contributed by atoms with Crippen LogP contribution in [0, 0.1) is 5.92 Å². The molecule has 1 fully saturated rings. The van der Waals surface area contributed by atoms with Gasteiger partial charge in [0, 0.05) is 31.9 Å². The van der Waals surface area contributed by atoms with Gasteiger partial charge < -0.3 is 15.5 Å². The number of piperidine rings is 1. The van der Waals surface area contributed by atoms with Crippen LogP contribution in [0.4, 0.5) is 0 Å². The molecule has 0 aliphatic carbocycles. The maximum absolute atomic E-state index is 4.60. The molecule has 0 aromatic carbocycles. The third-order valence-electron chi connectivity index (χ3n) is 4.62. The normalized spacial score (nSPS) is 17.2. The number of guanidine groups is 1. The first kappa shape index (κ1) is 19.2. The number of rotatable bonds is 8. The van der Waals surface area contributed by atoms with E-state index in [9.17, 15) is 0 Å². The van der Waals surface area contributed by atoms with Crippen molar-refractivity contribution in [3.05, 3.63) is 16.1 Å². The molecule has 6 heteroatoms. The van der Waals surface area contributed by atoms with Gasteiger partial charge in [-0.05, 0) is 51.2 Å². The van der Waals surface area contributed by atoms with Crippen LogP contribution < -0.4 is 10.6 Å². The monoisotopic (exact) mass is 351 g/mol. The molecule has 0 bridgehead atoms. The summed E-state index contributed by atoms with van der Waals surface area (Å²) >= 11 is 1.76. The molecule has 136 valence electrons. The largest absolute Gasteiger partial charge is 0.356 e. The van der Waals surface area contributed by atoms with Crippen LogP contribution in [0.2, 0.25) is 0 Å². The van der Waals surface area contributed by atoms with Gasteiger partial charge in [0.25, 0.3) is 0 Å². The minimum absolute atomic E-state index is 0.872. The van der Waals surface area contributed by atoms with Crippen LogP contribution in [0.5, 0.6) is 0 Å². The fourth-order valence-corrected chi connectivity index (χ4v) is 3.73. The summed E-state index contributed by atoms with van der Waals surface area (Å²) in [5.41, 5.74) is 1.18. The Kier molecular flexibility index (Phi) is 8.53. The lowest BCUT2D eigenvalue weighted by atomic mass is 9.99. The molecule has 0 atom stereocenters. The van der Waals surface area contributed by atoms with Gasteiger partial charge >= 0.3 is 0 Å². The van der Waals surface area contributed by atoms with Crippen LogP contribution in [-0.2, 0) is 12.8 Å². The Hall–Kier alpha value is -1.14. The predicted molar refractivity (Wildman–Crippen MR) is 104 cm³/mol. The van der Waals surface area contributed by atoms with Crippen molar-refractivity contribution >= 4 is 17.3 Å². The molecule has 0 radical (unpaired) electrons.